The molecular weight excluding hydrogens is 250 g/mol. The van der Waals surface area contributed by atoms with Crippen molar-refractivity contribution in [2.75, 3.05) is 13.1 Å². The van der Waals surface area contributed by atoms with Crippen LogP contribution in [0.25, 0.3) is 0 Å². The summed E-state index contributed by atoms with van der Waals surface area (Å²) >= 11 is 0. The minimum atomic E-state index is -0.613. The highest BCUT2D eigenvalue weighted by atomic mass is 16.4. The van der Waals surface area contributed by atoms with Gasteiger partial charge in [-0.1, -0.05) is 64.7 Å². The van der Waals surface area contributed by atoms with Crippen LogP contribution in [0, 0.1) is 0 Å². The third-order valence-electron chi connectivity index (χ3n) is 4.45. The molecule has 1 unspecified atom stereocenters. The van der Waals surface area contributed by atoms with Gasteiger partial charge in [0.25, 0.3) is 0 Å². The molecular formula is C17H33NO2. The predicted molar refractivity (Wildman–Crippen MR) is 84.1 cm³/mol. The first kappa shape index (κ1) is 17.5. The second-order valence-corrected chi connectivity index (χ2v) is 6.21. The van der Waals surface area contributed by atoms with Gasteiger partial charge >= 0.3 is 5.97 Å². The van der Waals surface area contributed by atoms with Gasteiger partial charge in [0.15, 0.2) is 0 Å². The zero-order valence-electron chi connectivity index (χ0n) is 13.3. The summed E-state index contributed by atoms with van der Waals surface area (Å²) < 4.78 is 0. The molecule has 3 heteroatoms. The van der Waals surface area contributed by atoms with E-state index in [9.17, 15) is 9.90 Å². The van der Waals surface area contributed by atoms with Crippen molar-refractivity contribution in [3.05, 3.63) is 0 Å². The van der Waals surface area contributed by atoms with E-state index in [-0.39, 0.29) is 6.04 Å². The van der Waals surface area contributed by atoms with Gasteiger partial charge in [0.05, 0.1) is 0 Å². The lowest BCUT2D eigenvalue weighted by Crippen LogP contribution is -2.41. The van der Waals surface area contributed by atoms with Crippen molar-refractivity contribution in [3.8, 4) is 0 Å². The Hall–Kier alpha value is -0.570. The molecule has 1 fully saturated rings. The van der Waals surface area contributed by atoms with E-state index in [2.05, 4.69) is 11.8 Å². The molecule has 1 aliphatic heterocycles. The molecule has 0 radical (unpaired) electrons. The number of likely N-dealkylation sites (tertiary alicyclic amines) is 1. The van der Waals surface area contributed by atoms with Crippen molar-refractivity contribution >= 4 is 5.97 Å². The maximum atomic E-state index is 11.5. The van der Waals surface area contributed by atoms with E-state index in [1.165, 1.54) is 64.2 Å². The van der Waals surface area contributed by atoms with Crippen molar-refractivity contribution in [3.63, 3.8) is 0 Å². The number of hydrogen-bond acceptors (Lipinski definition) is 2. The molecule has 3 nitrogen and oxygen atoms in total. The Bertz CT molecular complexity index is 247. The Morgan fingerprint density at radius 3 is 2.05 bits per heavy atom. The molecule has 1 rings (SSSR count). The fourth-order valence-electron chi connectivity index (χ4n) is 3.16. The fourth-order valence-corrected chi connectivity index (χ4v) is 3.16. The number of carboxylic acid groups (broad SMARTS) is 1. The minimum absolute atomic E-state index is 0.233. The highest BCUT2D eigenvalue weighted by molar-refractivity contribution is 5.73. The summed E-state index contributed by atoms with van der Waals surface area (Å²) in [5.41, 5.74) is 0. The number of carboxylic acids is 1. The minimum Gasteiger partial charge on any atom is -0.480 e. The van der Waals surface area contributed by atoms with Gasteiger partial charge in [0, 0.05) is 0 Å². The standard InChI is InChI=1S/C17H33NO2/c1-2-3-4-5-6-7-10-13-16(17(19)20)18-14-11-8-9-12-15-18/h16H,2-15H2,1H3,(H,19,20). The molecule has 1 atom stereocenters. The summed E-state index contributed by atoms with van der Waals surface area (Å²) in [4.78, 5) is 13.7. The quantitative estimate of drug-likeness (QED) is 0.602. The van der Waals surface area contributed by atoms with Crippen LogP contribution >= 0.6 is 0 Å². The normalized spacial score (nSPS) is 18.6. The molecule has 0 saturated carbocycles. The average molecular weight is 283 g/mol. The SMILES string of the molecule is CCCCCCCCCC(C(=O)O)N1CCCCCC1. The molecule has 1 saturated heterocycles. The first-order valence-electron chi connectivity index (χ1n) is 8.72. The van der Waals surface area contributed by atoms with E-state index in [1.54, 1.807) is 0 Å². The number of nitrogens with zero attached hydrogens (tertiary/aromatic N) is 1. The molecule has 118 valence electrons. The van der Waals surface area contributed by atoms with Crippen LogP contribution in [0.4, 0.5) is 0 Å². The van der Waals surface area contributed by atoms with Crippen molar-refractivity contribution in [1.82, 2.24) is 4.90 Å². The molecule has 0 aromatic carbocycles. The lowest BCUT2D eigenvalue weighted by molar-refractivity contribution is -0.143. The molecule has 1 N–H and O–H groups in total. The van der Waals surface area contributed by atoms with Crippen LogP contribution < -0.4 is 0 Å². The molecule has 20 heavy (non-hydrogen) atoms. The third-order valence-corrected chi connectivity index (χ3v) is 4.45. The van der Waals surface area contributed by atoms with Crippen molar-refractivity contribution in [2.45, 2.75) is 90.0 Å². The lowest BCUT2D eigenvalue weighted by Gasteiger charge is -2.27. The molecule has 0 aromatic rings. The van der Waals surface area contributed by atoms with Crippen LogP contribution in [0.2, 0.25) is 0 Å². The Kier molecular flexibility index (Phi) is 9.73. The topological polar surface area (TPSA) is 40.5 Å². The maximum Gasteiger partial charge on any atom is 0.320 e. The third kappa shape index (κ3) is 7.28. The highest BCUT2D eigenvalue weighted by Gasteiger charge is 2.25. The number of rotatable bonds is 10. The number of unbranched alkanes of at least 4 members (excludes halogenated alkanes) is 6. The molecule has 0 aliphatic carbocycles. The van der Waals surface area contributed by atoms with Crippen LogP contribution in [0.5, 0.6) is 0 Å². The zero-order chi connectivity index (χ0) is 14.6. The van der Waals surface area contributed by atoms with Crippen molar-refractivity contribution in [1.29, 1.82) is 0 Å². The number of carbonyl (C=O) groups is 1. The smallest absolute Gasteiger partial charge is 0.320 e. The molecule has 1 heterocycles. The van der Waals surface area contributed by atoms with Gasteiger partial charge in [0.1, 0.15) is 6.04 Å². The van der Waals surface area contributed by atoms with Gasteiger partial charge in [-0.3, -0.25) is 9.69 Å². The predicted octanol–water partition coefficient (Wildman–Crippen LogP) is 4.46. The summed E-state index contributed by atoms with van der Waals surface area (Å²) in [6.45, 7) is 4.19. The van der Waals surface area contributed by atoms with E-state index in [0.717, 1.165) is 25.9 Å². The summed E-state index contributed by atoms with van der Waals surface area (Å²) in [7, 11) is 0. The second-order valence-electron chi connectivity index (χ2n) is 6.21. The molecule has 0 amide bonds. The Labute approximate surface area is 124 Å². The first-order valence-corrected chi connectivity index (χ1v) is 8.72. The Morgan fingerprint density at radius 1 is 0.950 bits per heavy atom. The Morgan fingerprint density at radius 2 is 1.50 bits per heavy atom. The molecule has 0 spiro atoms. The van der Waals surface area contributed by atoms with Gasteiger partial charge in [-0.15, -0.1) is 0 Å². The summed E-state index contributed by atoms with van der Waals surface area (Å²) in [6.07, 6.45) is 14.5. The second kappa shape index (κ2) is 11.1. The largest absolute Gasteiger partial charge is 0.480 e. The van der Waals surface area contributed by atoms with Crippen molar-refractivity contribution in [2.24, 2.45) is 0 Å². The summed E-state index contributed by atoms with van der Waals surface area (Å²) in [5.74, 6) is -0.613. The van der Waals surface area contributed by atoms with Crippen LogP contribution in [0.3, 0.4) is 0 Å². The first-order chi connectivity index (χ1) is 9.75. The van der Waals surface area contributed by atoms with E-state index in [4.69, 9.17) is 0 Å². The lowest BCUT2D eigenvalue weighted by atomic mass is 10.0. The summed E-state index contributed by atoms with van der Waals surface area (Å²) in [5, 5.41) is 9.45. The van der Waals surface area contributed by atoms with Crippen LogP contribution in [0.1, 0.15) is 84.0 Å². The van der Waals surface area contributed by atoms with Crippen LogP contribution in [0.15, 0.2) is 0 Å². The maximum absolute atomic E-state index is 11.5. The van der Waals surface area contributed by atoms with E-state index >= 15 is 0 Å². The fraction of sp³-hybridized carbons (Fsp3) is 0.941. The number of hydrogen-bond donors (Lipinski definition) is 1. The Balaban J connectivity index is 2.19. The van der Waals surface area contributed by atoms with Crippen LogP contribution in [-0.4, -0.2) is 35.1 Å². The van der Waals surface area contributed by atoms with E-state index in [0.29, 0.717) is 0 Å². The van der Waals surface area contributed by atoms with Gasteiger partial charge < -0.3 is 5.11 Å². The van der Waals surface area contributed by atoms with Crippen molar-refractivity contribution < 1.29 is 9.90 Å². The van der Waals surface area contributed by atoms with Gasteiger partial charge in [-0.05, 0) is 32.4 Å². The zero-order valence-corrected chi connectivity index (χ0v) is 13.3. The molecule has 1 aliphatic rings. The summed E-state index contributed by atoms with van der Waals surface area (Å²) in [6, 6.07) is -0.233. The molecule has 0 bridgehead atoms. The van der Waals surface area contributed by atoms with Gasteiger partial charge in [-0.2, -0.15) is 0 Å². The number of aliphatic carboxylic acids is 1. The molecule has 0 aromatic heterocycles. The van der Waals surface area contributed by atoms with E-state index < -0.39 is 5.97 Å². The monoisotopic (exact) mass is 283 g/mol. The van der Waals surface area contributed by atoms with Gasteiger partial charge in [-0.25, -0.2) is 0 Å². The highest BCUT2D eigenvalue weighted by Crippen LogP contribution is 2.17. The van der Waals surface area contributed by atoms with E-state index in [1.807, 2.05) is 0 Å². The average Bonchev–Trinajstić information content (AvgIpc) is 2.70. The van der Waals surface area contributed by atoms with Gasteiger partial charge in [0.2, 0.25) is 0 Å². The van der Waals surface area contributed by atoms with Crippen LogP contribution in [-0.2, 0) is 4.79 Å².